The predicted octanol–water partition coefficient (Wildman–Crippen LogP) is 3.43. The van der Waals surface area contributed by atoms with Crippen molar-refractivity contribution in [2.24, 2.45) is 0 Å². The molecule has 1 aliphatic rings. The first kappa shape index (κ1) is 18.3. The van der Waals surface area contributed by atoms with Crippen molar-refractivity contribution in [1.29, 1.82) is 0 Å². The van der Waals surface area contributed by atoms with E-state index in [1.165, 1.54) is 12.1 Å². The van der Waals surface area contributed by atoms with Crippen LogP contribution < -0.4 is 0 Å². The largest absolute Gasteiger partial charge is 0.420 e. The van der Waals surface area contributed by atoms with Gasteiger partial charge in [0.2, 0.25) is 17.7 Å². The Morgan fingerprint density at radius 3 is 2.54 bits per heavy atom. The van der Waals surface area contributed by atoms with Crippen LogP contribution in [-0.2, 0) is 11.2 Å². The van der Waals surface area contributed by atoms with Crippen LogP contribution in [0.4, 0.5) is 4.39 Å². The second-order valence-electron chi connectivity index (χ2n) is 7.09. The fourth-order valence-electron chi connectivity index (χ4n) is 3.50. The van der Waals surface area contributed by atoms with Crippen LogP contribution in [0.1, 0.15) is 41.7 Å². The Bertz CT molecular complexity index is 952. The average molecular weight is 384 g/mol. The van der Waals surface area contributed by atoms with Crippen LogP contribution in [0.25, 0.3) is 11.5 Å². The Morgan fingerprint density at radius 1 is 1.18 bits per heavy atom. The fraction of sp³-hybridized carbons (Fsp3) is 0.400. The van der Waals surface area contributed by atoms with Gasteiger partial charge in [-0.3, -0.25) is 4.79 Å². The molecule has 4 rings (SSSR count). The van der Waals surface area contributed by atoms with Crippen molar-refractivity contribution in [2.45, 2.75) is 39.0 Å². The maximum atomic E-state index is 13.1. The molecular formula is C20H21FN4O3. The van der Waals surface area contributed by atoms with Crippen molar-refractivity contribution >= 4 is 5.91 Å². The number of piperidine rings is 1. The molecule has 1 aromatic carbocycles. The number of carbonyl (C=O) groups excluding carboxylic acids is 1. The minimum atomic E-state index is -0.308. The molecule has 0 atom stereocenters. The van der Waals surface area contributed by atoms with Crippen molar-refractivity contribution < 1.29 is 18.1 Å². The van der Waals surface area contributed by atoms with Gasteiger partial charge in [0.05, 0.1) is 12.1 Å². The third-order valence-electron chi connectivity index (χ3n) is 5.24. The number of likely N-dealkylation sites (tertiary alicyclic amines) is 1. The lowest BCUT2D eigenvalue weighted by molar-refractivity contribution is -0.131. The van der Waals surface area contributed by atoms with Crippen LogP contribution in [0.5, 0.6) is 0 Å². The van der Waals surface area contributed by atoms with Gasteiger partial charge in [-0.1, -0.05) is 5.16 Å². The molecule has 1 amide bonds. The van der Waals surface area contributed by atoms with E-state index in [1.54, 1.807) is 12.1 Å². The number of hydrogen-bond donors (Lipinski definition) is 0. The van der Waals surface area contributed by atoms with Crippen molar-refractivity contribution in [2.75, 3.05) is 13.1 Å². The van der Waals surface area contributed by atoms with Crippen LogP contribution in [0.2, 0.25) is 0 Å². The van der Waals surface area contributed by atoms with Gasteiger partial charge < -0.3 is 13.8 Å². The zero-order valence-electron chi connectivity index (χ0n) is 15.8. The highest BCUT2D eigenvalue weighted by atomic mass is 19.1. The third kappa shape index (κ3) is 3.67. The number of aromatic nitrogens is 3. The lowest BCUT2D eigenvalue weighted by atomic mass is 9.96. The van der Waals surface area contributed by atoms with Gasteiger partial charge >= 0.3 is 0 Å². The minimum Gasteiger partial charge on any atom is -0.420 e. The average Bonchev–Trinajstić information content (AvgIpc) is 3.31. The summed E-state index contributed by atoms with van der Waals surface area (Å²) in [5, 5.41) is 12.1. The molecule has 28 heavy (non-hydrogen) atoms. The minimum absolute atomic E-state index is 0.0744. The summed E-state index contributed by atoms with van der Waals surface area (Å²) < 4.78 is 24.0. The molecular weight excluding hydrogens is 363 g/mol. The molecule has 0 N–H and O–H groups in total. The van der Waals surface area contributed by atoms with Crippen LogP contribution in [-0.4, -0.2) is 39.3 Å². The van der Waals surface area contributed by atoms with Gasteiger partial charge in [-0.2, -0.15) is 0 Å². The second kappa shape index (κ2) is 7.53. The highest BCUT2D eigenvalue weighted by Crippen LogP contribution is 2.30. The summed E-state index contributed by atoms with van der Waals surface area (Å²) in [6.45, 7) is 4.95. The summed E-state index contributed by atoms with van der Waals surface area (Å²) in [6, 6.07) is 5.95. The van der Waals surface area contributed by atoms with E-state index in [0.29, 0.717) is 42.6 Å². The molecule has 0 saturated carbocycles. The summed E-state index contributed by atoms with van der Waals surface area (Å²) in [5.74, 6) is 1.52. The maximum Gasteiger partial charge on any atom is 0.247 e. The summed E-state index contributed by atoms with van der Waals surface area (Å²) in [7, 11) is 0. The third-order valence-corrected chi connectivity index (χ3v) is 5.24. The summed E-state index contributed by atoms with van der Waals surface area (Å²) >= 11 is 0. The lowest BCUT2D eigenvalue weighted by Gasteiger charge is -2.30. The van der Waals surface area contributed by atoms with E-state index in [0.717, 1.165) is 24.1 Å². The van der Waals surface area contributed by atoms with Crippen LogP contribution in [0.3, 0.4) is 0 Å². The Morgan fingerprint density at radius 2 is 1.89 bits per heavy atom. The summed E-state index contributed by atoms with van der Waals surface area (Å²) in [5.41, 5.74) is 2.32. The number of aryl methyl sites for hydroxylation is 2. The highest BCUT2D eigenvalue weighted by molar-refractivity contribution is 5.79. The van der Waals surface area contributed by atoms with Crippen LogP contribution >= 0.6 is 0 Å². The van der Waals surface area contributed by atoms with E-state index < -0.39 is 0 Å². The Hall–Kier alpha value is -3.03. The molecule has 8 heteroatoms. The van der Waals surface area contributed by atoms with Crippen molar-refractivity contribution in [3.05, 3.63) is 53.0 Å². The van der Waals surface area contributed by atoms with Gasteiger partial charge in [0, 0.05) is 30.1 Å². The molecule has 0 spiro atoms. The van der Waals surface area contributed by atoms with Crippen LogP contribution in [0.15, 0.2) is 33.2 Å². The molecule has 146 valence electrons. The topological polar surface area (TPSA) is 85.3 Å². The van der Waals surface area contributed by atoms with Crippen LogP contribution in [0, 0.1) is 19.7 Å². The quantitative estimate of drug-likeness (QED) is 0.685. The first-order valence-corrected chi connectivity index (χ1v) is 9.30. The molecule has 0 bridgehead atoms. The first-order valence-electron chi connectivity index (χ1n) is 9.30. The van der Waals surface area contributed by atoms with Gasteiger partial charge in [-0.25, -0.2) is 4.39 Å². The number of benzene rings is 1. The molecule has 2 aromatic heterocycles. The van der Waals surface area contributed by atoms with Gasteiger partial charge in [-0.15, -0.1) is 10.2 Å². The van der Waals surface area contributed by atoms with Gasteiger partial charge in [0.25, 0.3) is 0 Å². The molecule has 0 radical (unpaired) electrons. The van der Waals surface area contributed by atoms with E-state index in [2.05, 4.69) is 15.4 Å². The van der Waals surface area contributed by atoms with Gasteiger partial charge in [-0.05, 0) is 51.0 Å². The molecule has 3 heterocycles. The zero-order valence-corrected chi connectivity index (χ0v) is 15.8. The lowest BCUT2D eigenvalue weighted by Crippen LogP contribution is -2.39. The Labute approximate surface area is 161 Å². The predicted molar refractivity (Wildman–Crippen MR) is 97.9 cm³/mol. The van der Waals surface area contributed by atoms with Crippen molar-refractivity contribution in [3.8, 4) is 11.5 Å². The highest BCUT2D eigenvalue weighted by Gasteiger charge is 2.28. The molecule has 3 aromatic rings. The van der Waals surface area contributed by atoms with Gasteiger partial charge in [0.1, 0.15) is 11.6 Å². The Kier molecular flexibility index (Phi) is 4.93. The zero-order chi connectivity index (χ0) is 19.7. The number of amides is 1. The molecule has 1 fully saturated rings. The fourth-order valence-corrected chi connectivity index (χ4v) is 3.50. The molecule has 1 saturated heterocycles. The smallest absolute Gasteiger partial charge is 0.247 e. The standard InChI is InChI=1S/C20H21FN4O3/c1-12-17(13(2)28-24-12)11-18(26)25-9-7-15(8-10-25)20-23-22-19(27-20)14-3-5-16(21)6-4-14/h3-6,15H,7-11H2,1-2H3. The second-order valence-corrected chi connectivity index (χ2v) is 7.09. The van der Waals surface area contributed by atoms with E-state index in [9.17, 15) is 9.18 Å². The number of nitrogens with zero attached hydrogens (tertiary/aromatic N) is 4. The first-order chi connectivity index (χ1) is 13.5. The van der Waals surface area contributed by atoms with E-state index in [-0.39, 0.29) is 17.6 Å². The SMILES string of the molecule is Cc1noc(C)c1CC(=O)N1CCC(c2nnc(-c3ccc(F)cc3)o2)CC1. The van der Waals surface area contributed by atoms with Crippen molar-refractivity contribution in [3.63, 3.8) is 0 Å². The van der Waals surface area contributed by atoms with Crippen molar-refractivity contribution in [1.82, 2.24) is 20.3 Å². The molecule has 7 nitrogen and oxygen atoms in total. The number of halogens is 1. The molecule has 0 aliphatic carbocycles. The van der Waals surface area contributed by atoms with E-state index in [4.69, 9.17) is 8.94 Å². The van der Waals surface area contributed by atoms with Gasteiger partial charge in [0.15, 0.2) is 0 Å². The number of carbonyl (C=O) groups is 1. The Balaban J connectivity index is 1.36. The normalized spacial score (nSPS) is 15.2. The summed E-state index contributed by atoms with van der Waals surface area (Å²) in [4.78, 5) is 14.5. The summed E-state index contributed by atoms with van der Waals surface area (Å²) in [6.07, 6.45) is 1.83. The number of hydrogen-bond acceptors (Lipinski definition) is 6. The monoisotopic (exact) mass is 384 g/mol. The molecule has 1 aliphatic heterocycles. The maximum absolute atomic E-state index is 13.1. The van der Waals surface area contributed by atoms with E-state index >= 15 is 0 Å². The number of rotatable bonds is 4. The van der Waals surface area contributed by atoms with E-state index in [1.807, 2.05) is 18.7 Å². The molecule has 0 unspecified atom stereocenters.